The molecule has 18 heavy (non-hydrogen) atoms. The highest BCUT2D eigenvalue weighted by molar-refractivity contribution is 5.29. The second-order valence-corrected chi connectivity index (χ2v) is 5.90. The van der Waals surface area contributed by atoms with Crippen molar-refractivity contribution in [2.45, 2.75) is 52.5 Å². The van der Waals surface area contributed by atoms with E-state index in [1.54, 1.807) is 0 Å². The minimum atomic E-state index is 0.157. The molecule has 0 aliphatic heterocycles. The summed E-state index contributed by atoms with van der Waals surface area (Å²) in [6, 6.07) is 8.47. The number of hydrogen-bond donors (Lipinski definition) is 1. The van der Waals surface area contributed by atoms with Crippen LogP contribution in [-0.4, -0.2) is 18.7 Å². The molecule has 102 valence electrons. The fraction of sp³-hybridized carbons (Fsp3) is 0.625. The lowest BCUT2D eigenvalue weighted by Gasteiger charge is -2.20. The van der Waals surface area contributed by atoms with Gasteiger partial charge < -0.3 is 10.1 Å². The van der Waals surface area contributed by atoms with Gasteiger partial charge in [0.2, 0.25) is 0 Å². The van der Waals surface area contributed by atoms with Crippen molar-refractivity contribution in [2.24, 2.45) is 0 Å². The average molecular weight is 249 g/mol. The second-order valence-electron chi connectivity index (χ2n) is 5.90. The average Bonchev–Trinajstić information content (AvgIpc) is 2.33. The predicted molar refractivity (Wildman–Crippen MR) is 78.4 cm³/mol. The standard InChI is InChI=1S/C16H27NO/c1-6-13(2)14-7-9-15(10-8-14)18-12-11-17-16(3,4)5/h7-10,13,17H,6,11-12H2,1-5H3. The zero-order valence-electron chi connectivity index (χ0n) is 12.4. The zero-order valence-corrected chi connectivity index (χ0v) is 12.4. The van der Waals surface area contributed by atoms with Crippen LogP contribution in [0.5, 0.6) is 5.75 Å². The summed E-state index contributed by atoms with van der Waals surface area (Å²) in [5, 5.41) is 3.41. The van der Waals surface area contributed by atoms with E-state index in [4.69, 9.17) is 4.74 Å². The van der Waals surface area contributed by atoms with Crippen molar-refractivity contribution < 1.29 is 4.74 Å². The molecule has 0 saturated carbocycles. The van der Waals surface area contributed by atoms with Crippen molar-refractivity contribution in [1.29, 1.82) is 0 Å². The van der Waals surface area contributed by atoms with E-state index in [0.717, 1.165) is 12.3 Å². The van der Waals surface area contributed by atoms with Crippen LogP contribution in [0.2, 0.25) is 0 Å². The Balaban J connectivity index is 2.35. The third kappa shape index (κ3) is 5.54. The van der Waals surface area contributed by atoms with Gasteiger partial charge in [-0.1, -0.05) is 26.0 Å². The first-order valence-corrected chi connectivity index (χ1v) is 6.90. The first-order valence-electron chi connectivity index (χ1n) is 6.90. The molecule has 0 aliphatic carbocycles. The highest BCUT2D eigenvalue weighted by Gasteiger charge is 2.07. The van der Waals surface area contributed by atoms with Gasteiger partial charge in [0.15, 0.2) is 0 Å². The molecule has 1 atom stereocenters. The Bertz CT molecular complexity index is 337. The minimum absolute atomic E-state index is 0.157. The number of rotatable bonds is 6. The van der Waals surface area contributed by atoms with Gasteiger partial charge in [-0.25, -0.2) is 0 Å². The summed E-state index contributed by atoms with van der Waals surface area (Å²) in [7, 11) is 0. The van der Waals surface area contributed by atoms with Crippen molar-refractivity contribution in [3.63, 3.8) is 0 Å². The molecule has 0 fully saturated rings. The molecule has 1 unspecified atom stereocenters. The van der Waals surface area contributed by atoms with Crippen molar-refractivity contribution in [1.82, 2.24) is 5.32 Å². The van der Waals surface area contributed by atoms with Crippen molar-refractivity contribution in [3.8, 4) is 5.75 Å². The number of hydrogen-bond acceptors (Lipinski definition) is 2. The van der Waals surface area contributed by atoms with Crippen LogP contribution in [0.4, 0.5) is 0 Å². The molecule has 1 aromatic rings. The van der Waals surface area contributed by atoms with Gasteiger partial charge in [-0.05, 0) is 50.8 Å². The van der Waals surface area contributed by atoms with Crippen LogP contribution in [-0.2, 0) is 0 Å². The molecule has 0 heterocycles. The van der Waals surface area contributed by atoms with E-state index in [0.29, 0.717) is 12.5 Å². The third-order valence-corrected chi connectivity index (χ3v) is 3.09. The highest BCUT2D eigenvalue weighted by atomic mass is 16.5. The van der Waals surface area contributed by atoms with Gasteiger partial charge in [0, 0.05) is 12.1 Å². The van der Waals surface area contributed by atoms with Gasteiger partial charge in [-0.3, -0.25) is 0 Å². The monoisotopic (exact) mass is 249 g/mol. The van der Waals surface area contributed by atoms with E-state index >= 15 is 0 Å². The van der Waals surface area contributed by atoms with Crippen LogP contribution >= 0.6 is 0 Å². The topological polar surface area (TPSA) is 21.3 Å². The van der Waals surface area contributed by atoms with E-state index in [-0.39, 0.29) is 5.54 Å². The Morgan fingerprint density at radius 1 is 1.17 bits per heavy atom. The van der Waals surface area contributed by atoms with Gasteiger partial charge in [0.05, 0.1) is 0 Å². The maximum Gasteiger partial charge on any atom is 0.119 e. The SMILES string of the molecule is CCC(C)c1ccc(OCCNC(C)(C)C)cc1. The normalized spacial score (nSPS) is 13.4. The van der Waals surface area contributed by atoms with Crippen molar-refractivity contribution in [3.05, 3.63) is 29.8 Å². The molecular formula is C16H27NO. The largest absolute Gasteiger partial charge is 0.492 e. The molecule has 0 aromatic heterocycles. The maximum absolute atomic E-state index is 5.71. The van der Waals surface area contributed by atoms with E-state index in [1.165, 1.54) is 12.0 Å². The maximum atomic E-state index is 5.71. The van der Waals surface area contributed by atoms with Crippen LogP contribution in [0.1, 0.15) is 52.5 Å². The summed E-state index contributed by atoms with van der Waals surface area (Å²) in [6.45, 7) is 12.5. The van der Waals surface area contributed by atoms with E-state index in [1.807, 2.05) is 0 Å². The molecule has 0 bridgehead atoms. The van der Waals surface area contributed by atoms with Gasteiger partial charge >= 0.3 is 0 Å². The highest BCUT2D eigenvalue weighted by Crippen LogP contribution is 2.21. The number of benzene rings is 1. The van der Waals surface area contributed by atoms with Crippen LogP contribution in [0.25, 0.3) is 0 Å². The lowest BCUT2D eigenvalue weighted by molar-refractivity contribution is 0.291. The fourth-order valence-corrected chi connectivity index (χ4v) is 1.72. The van der Waals surface area contributed by atoms with Crippen LogP contribution < -0.4 is 10.1 Å². The summed E-state index contributed by atoms with van der Waals surface area (Å²) in [4.78, 5) is 0. The molecule has 1 rings (SSSR count). The lowest BCUT2D eigenvalue weighted by Crippen LogP contribution is -2.38. The fourth-order valence-electron chi connectivity index (χ4n) is 1.72. The predicted octanol–water partition coefficient (Wildman–Crippen LogP) is 3.97. The third-order valence-electron chi connectivity index (χ3n) is 3.09. The summed E-state index contributed by atoms with van der Waals surface area (Å²) in [5.41, 5.74) is 1.54. The van der Waals surface area contributed by atoms with E-state index < -0.39 is 0 Å². The summed E-state index contributed by atoms with van der Waals surface area (Å²) >= 11 is 0. The smallest absolute Gasteiger partial charge is 0.119 e. The quantitative estimate of drug-likeness (QED) is 0.770. The van der Waals surface area contributed by atoms with Crippen LogP contribution in [0.3, 0.4) is 0 Å². The summed E-state index contributed by atoms with van der Waals surface area (Å²) in [6.07, 6.45) is 1.18. The number of nitrogens with one attached hydrogen (secondary N) is 1. The van der Waals surface area contributed by atoms with Gasteiger partial charge in [0.1, 0.15) is 12.4 Å². The second kappa shape index (κ2) is 6.79. The van der Waals surface area contributed by atoms with Gasteiger partial charge in [-0.15, -0.1) is 0 Å². The molecule has 1 aromatic carbocycles. The molecule has 0 radical (unpaired) electrons. The molecule has 0 amide bonds. The number of ether oxygens (including phenoxy) is 1. The lowest BCUT2D eigenvalue weighted by atomic mass is 9.99. The Hall–Kier alpha value is -1.02. The van der Waals surface area contributed by atoms with E-state index in [9.17, 15) is 0 Å². The Morgan fingerprint density at radius 2 is 1.78 bits per heavy atom. The molecule has 0 spiro atoms. The van der Waals surface area contributed by atoms with Gasteiger partial charge in [0.25, 0.3) is 0 Å². The van der Waals surface area contributed by atoms with E-state index in [2.05, 4.69) is 64.2 Å². The van der Waals surface area contributed by atoms with Gasteiger partial charge in [-0.2, -0.15) is 0 Å². The van der Waals surface area contributed by atoms with Crippen LogP contribution in [0, 0.1) is 0 Å². The molecule has 0 aliphatic rings. The Morgan fingerprint density at radius 3 is 2.28 bits per heavy atom. The summed E-state index contributed by atoms with van der Waals surface area (Å²) < 4.78 is 5.71. The minimum Gasteiger partial charge on any atom is -0.492 e. The molecular weight excluding hydrogens is 222 g/mol. The summed E-state index contributed by atoms with van der Waals surface area (Å²) in [5.74, 6) is 1.58. The first kappa shape index (κ1) is 15.0. The first-order chi connectivity index (χ1) is 8.42. The van der Waals surface area contributed by atoms with Crippen LogP contribution in [0.15, 0.2) is 24.3 Å². The molecule has 2 nitrogen and oxygen atoms in total. The Labute approximate surface area is 112 Å². The van der Waals surface area contributed by atoms with Crippen molar-refractivity contribution in [2.75, 3.05) is 13.2 Å². The Kier molecular flexibility index (Phi) is 5.67. The molecule has 0 saturated heterocycles. The molecule has 1 N–H and O–H groups in total. The zero-order chi connectivity index (χ0) is 13.6. The van der Waals surface area contributed by atoms with Crippen molar-refractivity contribution >= 4 is 0 Å². The molecule has 2 heteroatoms.